The largest absolute Gasteiger partial charge is 0.207 e. The van der Waals surface area contributed by atoms with Crippen molar-refractivity contribution >= 4 is 23.2 Å². The third kappa shape index (κ3) is 2.04. The summed E-state index contributed by atoms with van der Waals surface area (Å²) in [5.74, 6) is -1.08. The quantitative estimate of drug-likeness (QED) is 0.693. The fourth-order valence-electron chi connectivity index (χ4n) is 1.37. The second kappa shape index (κ2) is 4.40. The van der Waals surface area contributed by atoms with Crippen molar-refractivity contribution in [3.8, 4) is 11.1 Å². The lowest BCUT2D eigenvalue weighted by molar-refractivity contribution is 0.626. The first-order valence-corrected chi connectivity index (χ1v) is 5.16. The standard InChI is InChI=1S/C12H5Cl2F2/c13-10-3-1-2-9(12(10)16)8-5-4-7(15)6-11(8)14/h1-2,4-6H. The fraction of sp³-hybridized carbons (Fsp3) is 0. The molecule has 81 valence electrons. The molecular weight excluding hydrogens is 253 g/mol. The third-order valence-electron chi connectivity index (χ3n) is 2.11. The van der Waals surface area contributed by atoms with E-state index in [9.17, 15) is 8.78 Å². The SMILES string of the molecule is Fc1ccc(-c2cc[c]c(Cl)c2F)c(Cl)c1. The first-order valence-electron chi connectivity index (χ1n) is 4.40. The van der Waals surface area contributed by atoms with Crippen LogP contribution in [0.5, 0.6) is 0 Å². The topological polar surface area (TPSA) is 0 Å². The molecule has 2 rings (SSSR count). The normalized spacial score (nSPS) is 10.5. The second-order valence-electron chi connectivity index (χ2n) is 3.14. The number of hydrogen-bond acceptors (Lipinski definition) is 0. The van der Waals surface area contributed by atoms with Crippen LogP contribution in [0, 0.1) is 17.7 Å². The minimum absolute atomic E-state index is 0.113. The molecule has 16 heavy (non-hydrogen) atoms. The lowest BCUT2D eigenvalue weighted by Gasteiger charge is -2.06. The van der Waals surface area contributed by atoms with Crippen molar-refractivity contribution in [2.45, 2.75) is 0 Å². The maximum absolute atomic E-state index is 13.7. The van der Waals surface area contributed by atoms with E-state index in [0.29, 0.717) is 5.56 Å². The van der Waals surface area contributed by atoms with Crippen molar-refractivity contribution < 1.29 is 8.78 Å². The Hall–Kier alpha value is -1.12. The van der Waals surface area contributed by atoms with Gasteiger partial charge in [-0.2, -0.15) is 0 Å². The summed E-state index contributed by atoms with van der Waals surface area (Å²) in [7, 11) is 0. The average molecular weight is 258 g/mol. The molecule has 0 unspecified atom stereocenters. The molecular formula is C12H5Cl2F2. The van der Waals surface area contributed by atoms with E-state index in [1.165, 1.54) is 24.3 Å². The molecule has 0 aromatic heterocycles. The van der Waals surface area contributed by atoms with Gasteiger partial charge in [-0.15, -0.1) is 0 Å². The van der Waals surface area contributed by atoms with E-state index in [1.807, 2.05) is 0 Å². The van der Waals surface area contributed by atoms with Gasteiger partial charge in [0.15, 0.2) is 0 Å². The first kappa shape index (κ1) is 11.4. The average Bonchev–Trinajstić information content (AvgIpc) is 2.23. The Morgan fingerprint density at radius 2 is 1.75 bits per heavy atom. The zero-order chi connectivity index (χ0) is 11.7. The molecule has 0 aliphatic heterocycles. The molecule has 0 bridgehead atoms. The zero-order valence-corrected chi connectivity index (χ0v) is 9.41. The van der Waals surface area contributed by atoms with Gasteiger partial charge in [-0.3, -0.25) is 0 Å². The minimum atomic E-state index is -0.613. The van der Waals surface area contributed by atoms with Crippen molar-refractivity contribution in [1.29, 1.82) is 0 Å². The van der Waals surface area contributed by atoms with E-state index >= 15 is 0 Å². The van der Waals surface area contributed by atoms with E-state index in [2.05, 4.69) is 6.07 Å². The van der Waals surface area contributed by atoms with Gasteiger partial charge in [-0.1, -0.05) is 35.3 Å². The molecule has 0 amide bonds. The Labute approximate surface area is 101 Å². The number of benzene rings is 2. The molecule has 0 saturated carbocycles. The molecule has 0 heterocycles. The van der Waals surface area contributed by atoms with Gasteiger partial charge in [0.2, 0.25) is 0 Å². The van der Waals surface area contributed by atoms with Crippen LogP contribution < -0.4 is 0 Å². The maximum atomic E-state index is 13.7. The molecule has 0 N–H and O–H groups in total. The van der Waals surface area contributed by atoms with Crippen LogP contribution in [0.3, 0.4) is 0 Å². The lowest BCUT2D eigenvalue weighted by atomic mass is 10.1. The molecule has 0 aliphatic carbocycles. The molecule has 0 spiro atoms. The summed E-state index contributed by atoms with van der Waals surface area (Å²) in [6.07, 6.45) is 0. The molecule has 0 aliphatic rings. The van der Waals surface area contributed by atoms with E-state index in [0.717, 1.165) is 6.07 Å². The molecule has 2 aromatic rings. The summed E-state index contributed by atoms with van der Waals surface area (Å²) in [6.45, 7) is 0. The molecule has 0 saturated heterocycles. The number of rotatable bonds is 1. The highest BCUT2D eigenvalue weighted by molar-refractivity contribution is 6.33. The van der Waals surface area contributed by atoms with E-state index < -0.39 is 11.6 Å². The summed E-state index contributed by atoms with van der Waals surface area (Å²) in [5, 5.41) is 0.0269. The summed E-state index contributed by atoms with van der Waals surface area (Å²) in [4.78, 5) is 0. The van der Waals surface area contributed by atoms with Crippen LogP contribution in [-0.2, 0) is 0 Å². The van der Waals surface area contributed by atoms with E-state index in [4.69, 9.17) is 23.2 Å². The van der Waals surface area contributed by atoms with Crippen molar-refractivity contribution in [3.63, 3.8) is 0 Å². The Morgan fingerprint density at radius 1 is 1.00 bits per heavy atom. The maximum Gasteiger partial charge on any atom is 0.150 e. The molecule has 0 fully saturated rings. The molecule has 1 radical (unpaired) electrons. The van der Waals surface area contributed by atoms with Crippen molar-refractivity contribution in [2.24, 2.45) is 0 Å². The van der Waals surface area contributed by atoms with Crippen molar-refractivity contribution in [2.75, 3.05) is 0 Å². The van der Waals surface area contributed by atoms with Crippen LogP contribution >= 0.6 is 23.2 Å². The van der Waals surface area contributed by atoms with Crippen molar-refractivity contribution in [3.05, 3.63) is 58.1 Å². The molecule has 4 heteroatoms. The van der Waals surface area contributed by atoms with Gasteiger partial charge in [0.1, 0.15) is 11.6 Å². The molecule has 2 aromatic carbocycles. The second-order valence-corrected chi connectivity index (χ2v) is 3.93. The number of halogens is 4. The van der Waals surface area contributed by atoms with Crippen LogP contribution in [-0.4, -0.2) is 0 Å². The Balaban J connectivity index is 2.63. The third-order valence-corrected chi connectivity index (χ3v) is 2.70. The van der Waals surface area contributed by atoms with Crippen LogP contribution in [0.1, 0.15) is 0 Å². The van der Waals surface area contributed by atoms with Crippen LogP contribution in [0.25, 0.3) is 11.1 Å². The van der Waals surface area contributed by atoms with E-state index in [1.54, 1.807) is 0 Å². The van der Waals surface area contributed by atoms with Gasteiger partial charge in [0, 0.05) is 17.2 Å². The fourth-order valence-corrected chi connectivity index (χ4v) is 1.80. The molecule has 0 nitrogen and oxygen atoms in total. The summed E-state index contributed by atoms with van der Waals surface area (Å²) < 4.78 is 26.5. The monoisotopic (exact) mass is 257 g/mol. The summed E-state index contributed by atoms with van der Waals surface area (Å²) in [6, 6.07) is 9.24. The van der Waals surface area contributed by atoms with Crippen LogP contribution in [0.15, 0.2) is 30.3 Å². The zero-order valence-electron chi connectivity index (χ0n) is 7.90. The van der Waals surface area contributed by atoms with Gasteiger partial charge < -0.3 is 0 Å². The lowest BCUT2D eigenvalue weighted by Crippen LogP contribution is -1.87. The summed E-state index contributed by atoms with van der Waals surface area (Å²) in [5.41, 5.74) is 0.630. The van der Waals surface area contributed by atoms with Gasteiger partial charge in [0.05, 0.1) is 10.0 Å². The highest BCUT2D eigenvalue weighted by Crippen LogP contribution is 2.32. The number of hydrogen-bond donors (Lipinski definition) is 0. The van der Waals surface area contributed by atoms with E-state index in [-0.39, 0.29) is 15.6 Å². The Bertz CT molecular complexity index is 539. The highest BCUT2D eigenvalue weighted by atomic mass is 35.5. The Morgan fingerprint density at radius 3 is 2.44 bits per heavy atom. The first-order chi connectivity index (χ1) is 7.59. The highest BCUT2D eigenvalue weighted by Gasteiger charge is 2.11. The van der Waals surface area contributed by atoms with Gasteiger partial charge in [-0.25, -0.2) is 8.78 Å². The van der Waals surface area contributed by atoms with Gasteiger partial charge in [-0.05, 0) is 18.2 Å². The molecule has 0 atom stereocenters. The summed E-state index contributed by atoms with van der Waals surface area (Å²) >= 11 is 11.4. The smallest absolute Gasteiger partial charge is 0.150 e. The van der Waals surface area contributed by atoms with Crippen LogP contribution in [0.2, 0.25) is 10.0 Å². The van der Waals surface area contributed by atoms with Crippen molar-refractivity contribution in [1.82, 2.24) is 0 Å². The minimum Gasteiger partial charge on any atom is -0.207 e. The van der Waals surface area contributed by atoms with Crippen LogP contribution in [0.4, 0.5) is 8.78 Å². The Kier molecular flexibility index (Phi) is 3.13. The predicted octanol–water partition coefficient (Wildman–Crippen LogP) is 4.74. The van der Waals surface area contributed by atoms with Gasteiger partial charge >= 0.3 is 0 Å². The van der Waals surface area contributed by atoms with Gasteiger partial charge in [0.25, 0.3) is 0 Å². The predicted molar refractivity (Wildman–Crippen MR) is 60.7 cm³/mol.